The summed E-state index contributed by atoms with van der Waals surface area (Å²) in [5, 5.41) is 0.623. The van der Waals surface area contributed by atoms with Gasteiger partial charge in [0, 0.05) is 13.6 Å². The molecule has 0 N–H and O–H groups in total. The molecule has 0 atom stereocenters. The highest BCUT2D eigenvalue weighted by atomic mass is 32.2. The van der Waals surface area contributed by atoms with Gasteiger partial charge in [-0.3, -0.25) is 18.7 Å². The summed E-state index contributed by atoms with van der Waals surface area (Å²) < 4.78 is 7.15. The van der Waals surface area contributed by atoms with Gasteiger partial charge in [0.05, 0.1) is 12.9 Å². The number of fused-ring (bicyclic) bond motifs is 1. The van der Waals surface area contributed by atoms with Crippen molar-refractivity contribution in [3.05, 3.63) is 26.7 Å². The van der Waals surface area contributed by atoms with Gasteiger partial charge < -0.3 is 4.74 Å². The van der Waals surface area contributed by atoms with Crippen molar-refractivity contribution in [1.82, 2.24) is 19.1 Å². The summed E-state index contributed by atoms with van der Waals surface area (Å²) in [6.45, 7) is 6.07. The van der Waals surface area contributed by atoms with Crippen LogP contribution >= 0.6 is 11.8 Å². The van der Waals surface area contributed by atoms with Crippen LogP contribution in [0.25, 0.3) is 11.0 Å². The molecule has 2 aromatic rings. The monoisotopic (exact) mass is 352 g/mol. The van der Waals surface area contributed by atoms with Gasteiger partial charge in [0.15, 0.2) is 5.65 Å². The van der Waals surface area contributed by atoms with Gasteiger partial charge in [-0.25, -0.2) is 14.8 Å². The molecule has 2 heterocycles. The number of carbonyl (C=O) groups excluding carboxylic acids is 1. The Morgan fingerprint density at radius 2 is 1.96 bits per heavy atom. The maximum atomic E-state index is 12.6. The number of carbonyl (C=O) groups is 1. The molecule has 9 heteroatoms. The summed E-state index contributed by atoms with van der Waals surface area (Å²) in [7, 11) is 2.72. The van der Waals surface area contributed by atoms with Crippen LogP contribution in [0.4, 0.5) is 0 Å². The van der Waals surface area contributed by atoms with Gasteiger partial charge in [-0.15, -0.1) is 0 Å². The zero-order chi connectivity index (χ0) is 18.0. The molecule has 0 saturated heterocycles. The lowest BCUT2D eigenvalue weighted by Gasteiger charge is -2.15. The minimum Gasteiger partial charge on any atom is -0.468 e. The third kappa shape index (κ3) is 3.50. The number of nitrogens with zero attached hydrogens (tertiary/aromatic N) is 4. The maximum absolute atomic E-state index is 12.6. The van der Waals surface area contributed by atoms with E-state index in [1.165, 1.54) is 18.7 Å². The number of methoxy groups -OCH3 is 1. The third-order valence-electron chi connectivity index (χ3n) is 3.36. The fourth-order valence-corrected chi connectivity index (χ4v) is 3.15. The summed E-state index contributed by atoms with van der Waals surface area (Å²) in [5.41, 5.74) is -0.581. The second-order valence-corrected chi connectivity index (χ2v) is 6.75. The molecule has 0 fully saturated rings. The zero-order valence-corrected chi connectivity index (χ0v) is 15.1. The quantitative estimate of drug-likeness (QED) is 0.444. The van der Waals surface area contributed by atoms with E-state index in [4.69, 9.17) is 0 Å². The minimum absolute atomic E-state index is 0.0223. The molecule has 0 unspecified atom stereocenters. The molecule has 2 aromatic heterocycles. The van der Waals surface area contributed by atoms with Crippen LogP contribution in [0.15, 0.2) is 14.6 Å². The first kappa shape index (κ1) is 18.2. The number of rotatable bonds is 5. The van der Waals surface area contributed by atoms with Crippen LogP contribution in [0.1, 0.15) is 19.7 Å². The van der Waals surface area contributed by atoms with E-state index in [9.17, 15) is 14.4 Å². The summed E-state index contributed by atoms with van der Waals surface area (Å²) in [4.78, 5) is 45.0. The zero-order valence-electron chi connectivity index (χ0n) is 14.3. The van der Waals surface area contributed by atoms with Crippen LogP contribution in [0.3, 0.4) is 0 Å². The molecular formula is C15H20N4O4S. The number of hydrogen-bond donors (Lipinski definition) is 0. The largest absolute Gasteiger partial charge is 0.468 e. The molecule has 0 aliphatic rings. The van der Waals surface area contributed by atoms with E-state index < -0.39 is 17.2 Å². The van der Waals surface area contributed by atoms with Crippen molar-refractivity contribution in [3.63, 3.8) is 0 Å². The lowest BCUT2D eigenvalue weighted by atomic mass is 10.2. The molecule has 0 radical (unpaired) electrons. The fourth-order valence-electron chi connectivity index (χ4n) is 2.26. The molecule has 0 amide bonds. The Balaban J connectivity index is 2.77. The SMILES string of the molecule is COC(=O)CSc1nc(C)nc2c1c(=O)n(C)c(=O)n2CC(C)C. The molecule has 0 aromatic carbocycles. The molecular weight excluding hydrogens is 332 g/mol. The Hall–Kier alpha value is -2.16. The Bertz CT molecular complexity index is 901. The molecule has 2 rings (SSSR count). The van der Waals surface area contributed by atoms with Gasteiger partial charge in [-0.05, 0) is 12.8 Å². The van der Waals surface area contributed by atoms with Gasteiger partial charge in [0.2, 0.25) is 0 Å². The van der Waals surface area contributed by atoms with Crippen LogP contribution in [-0.2, 0) is 23.1 Å². The van der Waals surface area contributed by atoms with Gasteiger partial charge in [-0.2, -0.15) is 0 Å². The van der Waals surface area contributed by atoms with E-state index >= 15 is 0 Å². The van der Waals surface area contributed by atoms with Gasteiger partial charge in [0.1, 0.15) is 16.2 Å². The average molecular weight is 352 g/mol. The van der Waals surface area contributed by atoms with Crippen LogP contribution in [-0.4, -0.2) is 37.9 Å². The lowest BCUT2D eigenvalue weighted by molar-refractivity contribution is -0.137. The van der Waals surface area contributed by atoms with E-state index in [0.717, 1.165) is 16.3 Å². The van der Waals surface area contributed by atoms with E-state index in [2.05, 4.69) is 14.7 Å². The molecule has 0 aliphatic carbocycles. The van der Waals surface area contributed by atoms with Crippen molar-refractivity contribution in [2.75, 3.05) is 12.9 Å². The average Bonchev–Trinajstić information content (AvgIpc) is 2.53. The number of esters is 1. The number of aromatic nitrogens is 4. The smallest absolute Gasteiger partial charge is 0.332 e. The van der Waals surface area contributed by atoms with Gasteiger partial charge >= 0.3 is 11.7 Å². The van der Waals surface area contributed by atoms with E-state index in [-0.39, 0.29) is 17.1 Å². The van der Waals surface area contributed by atoms with Crippen molar-refractivity contribution in [2.24, 2.45) is 13.0 Å². The van der Waals surface area contributed by atoms with Crippen LogP contribution in [0.2, 0.25) is 0 Å². The van der Waals surface area contributed by atoms with Gasteiger partial charge in [-0.1, -0.05) is 25.6 Å². The van der Waals surface area contributed by atoms with Crippen molar-refractivity contribution in [1.29, 1.82) is 0 Å². The molecule has 0 saturated carbocycles. The second kappa shape index (κ2) is 7.16. The van der Waals surface area contributed by atoms with E-state index in [1.807, 2.05) is 13.8 Å². The number of aryl methyl sites for hydroxylation is 1. The predicted molar refractivity (Wildman–Crippen MR) is 91.4 cm³/mol. The molecule has 24 heavy (non-hydrogen) atoms. The van der Waals surface area contributed by atoms with Crippen molar-refractivity contribution < 1.29 is 9.53 Å². The Kier molecular flexibility index (Phi) is 5.43. The topological polar surface area (TPSA) is 96.1 Å². The molecule has 0 bridgehead atoms. The molecule has 130 valence electrons. The molecule has 0 aliphatic heterocycles. The number of thioether (sulfide) groups is 1. The highest BCUT2D eigenvalue weighted by Gasteiger charge is 2.19. The van der Waals surface area contributed by atoms with Crippen LogP contribution < -0.4 is 11.2 Å². The van der Waals surface area contributed by atoms with Gasteiger partial charge in [0.25, 0.3) is 5.56 Å². The molecule has 8 nitrogen and oxygen atoms in total. The maximum Gasteiger partial charge on any atom is 0.332 e. The highest BCUT2D eigenvalue weighted by Crippen LogP contribution is 2.22. The van der Waals surface area contributed by atoms with Crippen molar-refractivity contribution in [2.45, 2.75) is 32.3 Å². The Morgan fingerprint density at radius 3 is 2.54 bits per heavy atom. The second-order valence-electron chi connectivity index (χ2n) is 5.79. The van der Waals surface area contributed by atoms with Crippen LogP contribution in [0.5, 0.6) is 0 Å². The van der Waals surface area contributed by atoms with Crippen LogP contribution in [0, 0.1) is 12.8 Å². The molecule has 0 spiro atoms. The highest BCUT2D eigenvalue weighted by molar-refractivity contribution is 8.00. The lowest BCUT2D eigenvalue weighted by Crippen LogP contribution is -2.39. The van der Waals surface area contributed by atoms with Crippen molar-refractivity contribution >= 4 is 28.8 Å². The van der Waals surface area contributed by atoms with Crippen molar-refractivity contribution in [3.8, 4) is 0 Å². The Morgan fingerprint density at radius 1 is 1.29 bits per heavy atom. The summed E-state index contributed by atoms with van der Waals surface area (Å²) in [5.74, 6) is 0.232. The first-order chi connectivity index (χ1) is 11.3. The fraction of sp³-hybridized carbons (Fsp3) is 0.533. The van der Waals surface area contributed by atoms with E-state index in [0.29, 0.717) is 23.0 Å². The number of ether oxygens (including phenoxy) is 1. The first-order valence-electron chi connectivity index (χ1n) is 7.44. The third-order valence-corrected chi connectivity index (χ3v) is 4.31. The predicted octanol–water partition coefficient (Wildman–Crippen LogP) is 0.720. The first-order valence-corrected chi connectivity index (χ1v) is 8.42. The summed E-state index contributed by atoms with van der Waals surface area (Å²) in [6, 6.07) is 0. The standard InChI is InChI=1S/C15H20N4O4S/c1-8(2)6-19-12-11(14(21)18(4)15(19)22)13(17-9(3)16-12)24-7-10(20)23-5/h8H,6-7H2,1-5H3. The summed E-state index contributed by atoms with van der Waals surface area (Å²) >= 11 is 1.10. The Labute approximate surface area is 142 Å². The number of hydrogen-bond acceptors (Lipinski definition) is 7. The normalized spacial score (nSPS) is 11.2. The van der Waals surface area contributed by atoms with E-state index in [1.54, 1.807) is 6.92 Å². The minimum atomic E-state index is -0.470. The summed E-state index contributed by atoms with van der Waals surface area (Å²) in [6.07, 6.45) is 0.